The standard InChI is InChI=1S/C16H23NO3/c1-4-11(3)14(12-9-7-6-8-10-12)15(18)17-13(5-2)16(19)20/h6-11,13-14H,4-5H2,1-3H3,(H,17,18)(H,19,20)/t11?,13-,14?/m1/s1. The number of carboxylic acids is 1. The van der Waals surface area contributed by atoms with Crippen molar-refractivity contribution in [1.29, 1.82) is 0 Å². The molecular weight excluding hydrogens is 254 g/mol. The average molecular weight is 277 g/mol. The number of carbonyl (C=O) groups excluding carboxylic acids is 1. The lowest BCUT2D eigenvalue weighted by Crippen LogP contribution is -2.43. The van der Waals surface area contributed by atoms with Crippen LogP contribution in [0.3, 0.4) is 0 Å². The molecule has 0 saturated carbocycles. The molecule has 3 atom stereocenters. The molecule has 2 unspecified atom stereocenters. The predicted octanol–water partition coefficient (Wildman–Crippen LogP) is 2.80. The maximum absolute atomic E-state index is 12.4. The minimum Gasteiger partial charge on any atom is -0.480 e. The lowest BCUT2D eigenvalue weighted by molar-refractivity contribution is -0.142. The van der Waals surface area contributed by atoms with E-state index in [1.54, 1.807) is 6.92 Å². The Morgan fingerprint density at radius 1 is 1.15 bits per heavy atom. The summed E-state index contributed by atoms with van der Waals surface area (Å²) in [5.74, 6) is -1.35. The third kappa shape index (κ3) is 4.08. The summed E-state index contributed by atoms with van der Waals surface area (Å²) in [6, 6.07) is 8.70. The van der Waals surface area contributed by atoms with Crippen molar-refractivity contribution in [3.8, 4) is 0 Å². The number of nitrogens with one attached hydrogen (secondary N) is 1. The van der Waals surface area contributed by atoms with Crippen LogP contribution in [0.4, 0.5) is 0 Å². The molecule has 0 bridgehead atoms. The van der Waals surface area contributed by atoms with Crippen molar-refractivity contribution in [1.82, 2.24) is 5.32 Å². The molecule has 1 rings (SSSR count). The van der Waals surface area contributed by atoms with Crippen LogP contribution in [-0.2, 0) is 9.59 Å². The van der Waals surface area contributed by atoms with Gasteiger partial charge in [-0.2, -0.15) is 0 Å². The smallest absolute Gasteiger partial charge is 0.326 e. The molecule has 0 aromatic heterocycles. The van der Waals surface area contributed by atoms with Crippen LogP contribution in [0.2, 0.25) is 0 Å². The molecule has 1 amide bonds. The van der Waals surface area contributed by atoms with E-state index in [0.717, 1.165) is 12.0 Å². The van der Waals surface area contributed by atoms with E-state index in [-0.39, 0.29) is 17.7 Å². The van der Waals surface area contributed by atoms with Gasteiger partial charge >= 0.3 is 5.97 Å². The Kier molecular flexibility index (Phi) is 6.22. The Balaban J connectivity index is 2.94. The second-order valence-electron chi connectivity index (χ2n) is 5.08. The first-order valence-corrected chi connectivity index (χ1v) is 7.09. The van der Waals surface area contributed by atoms with Gasteiger partial charge in [0.15, 0.2) is 0 Å². The van der Waals surface area contributed by atoms with Crippen LogP contribution in [0.5, 0.6) is 0 Å². The third-order valence-electron chi connectivity index (χ3n) is 3.68. The molecule has 4 nitrogen and oxygen atoms in total. The molecule has 0 aliphatic carbocycles. The Labute approximate surface area is 120 Å². The quantitative estimate of drug-likeness (QED) is 0.805. The van der Waals surface area contributed by atoms with Crippen molar-refractivity contribution in [3.63, 3.8) is 0 Å². The summed E-state index contributed by atoms with van der Waals surface area (Å²) >= 11 is 0. The van der Waals surface area contributed by atoms with Gasteiger partial charge in [0, 0.05) is 0 Å². The molecule has 110 valence electrons. The normalized spacial score (nSPS) is 15.2. The first-order chi connectivity index (χ1) is 9.51. The van der Waals surface area contributed by atoms with E-state index in [4.69, 9.17) is 5.11 Å². The summed E-state index contributed by atoms with van der Waals surface area (Å²) in [4.78, 5) is 23.5. The van der Waals surface area contributed by atoms with Crippen molar-refractivity contribution in [3.05, 3.63) is 35.9 Å². The number of carboxylic acid groups (broad SMARTS) is 1. The highest BCUT2D eigenvalue weighted by molar-refractivity contribution is 5.88. The Morgan fingerprint density at radius 2 is 1.75 bits per heavy atom. The van der Waals surface area contributed by atoms with E-state index in [9.17, 15) is 9.59 Å². The summed E-state index contributed by atoms with van der Waals surface area (Å²) in [7, 11) is 0. The number of carbonyl (C=O) groups is 2. The van der Waals surface area contributed by atoms with Gasteiger partial charge in [0.2, 0.25) is 5.91 Å². The third-order valence-corrected chi connectivity index (χ3v) is 3.68. The molecule has 20 heavy (non-hydrogen) atoms. The SMILES string of the molecule is CCC(C)C(C(=O)N[C@H](CC)C(=O)O)c1ccccc1. The number of benzene rings is 1. The zero-order valence-corrected chi connectivity index (χ0v) is 12.3. The highest BCUT2D eigenvalue weighted by atomic mass is 16.4. The zero-order valence-electron chi connectivity index (χ0n) is 12.3. The predicted molar refractivity (Wildman–Crippen MR) is 78.5 cm³/mol. The summed E-state index contributed by atoms with van der Waals surface area (Å²) in [6.45, 7) is 5.79. The average Bonchev–Trinajstić information content (AvgIpc) is 2.45. The van der Waals surface area contributed by atoms with Gasteiger partial charge in [-0.05, 0) is 17.9 Å². The fourth-order valence-corrected chi connectivity index (χ4v) is 2.23. The van der Waals surface area contributed by atoms with Crippen LogP contribution in [0.25, 0.3) is 0 Å². The second-order valence-corrected chi connectivity index (χ2v) is 5.08. The number of aliphatic carboxylic acids is 1. The highest BCUT2D eigenvalue weighted by Gasteiger charge is 2.28. The molecule has 0 fully saturated rings. The maximum Gasteiger partial charge on any atom is 0.326 e. The van der Waals surface area contributed by atoms with E-state index in [2.05, 4.69) is 5.32 Å². The summed E-state index contributed by atoms with van der Waals surface area (Å²) in [6.07, 6.45) is 1.24. The van der Waals surface area contributed by atoms with Gasteiger partial charge in [-0.3, -0.25) is 4.79 Å². The Hall–Kier alpha value is -1.84. The van der Waals surface area contributed by atoms with Crippen molar-refractivity contribution in [2.75, 3.05) is 0 Å². The van der Waals surface area contributed by atoms with E-state index >= 15 is 0 Å². The monoisotopic (exact) mass is 277 g/mol. The topological polar surface area (TPSA) is 66.4 Å². The number of rotatable bonds is 7. The molecule has 1 aromatic rings. The number of amides is 1. The summed E-state index contributed by atoms with van der Waals surface area (Å²) in [5.41, 5.74) is 0.930. The maximum atomic E-state index is 12.4. The molecule has 0 spiro atoms. The molecule has 1 aromatic carbocycles. The van der Waals surface area contributed by atoms with Gasteiger partial charge < -0.3 is 10.4 Å². The minimum absolute atomic E-state index is 0.156. The zero-order chi connectivity index (χ0) is 15.1. The first kappa shape index (κ1) is 16.2. The first-order valence-electron chi connectivity index (χ1n) is 7.09. The van der Waals surface area contributed by atoms with Crippen LogP contribution < -0.4 is 5.32 Å². The van der Waals surface area contributed by atoms with Crippen molar-refractivity contribution >= 4 is 11.9 Å². The molecular formula is C16H23NO3. The molecule has 2 N–H and O–H groups in total. The lowest BCUT2D eigenvalue weighted by atomic mass is 9.84. The van der Waals surface area contributed by atoms with Gasteiger partial charge in [0.1, 0.15) is 6.04 Å². The van der Waals surface area contributed by atoms with Crippen LogP contribution in [-0.4, -0.2) is 23.0 Å². The largest absolute Gasteiger partial charge is 0.480 e. The van der Waals surface area contributed by atoms with Crippen molar-refractivity contribution < 1.29 is 14.7 Å². The fraction of sp³-hybridized carbons (Fsp3) is 0.500. The van der Waals surface area contributed by atoms with Gasteiger partial charge in [-0.1, -0.05) is 57.5 Å². The Bertz CT molecular complexity index is 444. The van der Waals surface area contributed by atoms with E-state index in [0.29, 0.717) is 6.42 Å². The molecule has 0 heterocycles. The number of hydrogen-bond acceptors (Lipinski definition) is 2. The molecule has 0 aliphatic heterocycles. The van der Waals surface area contributed by atoms with Crippen LogP contribution in [0.15, 0.2) is 30.3 Å². The summed E-state index contributed by atoms with van der Waals surface area (Å²) in [5, 5.41) is 11.7. The van der Waals surface area contributed by atoms with Crippen LogP contribution in [0, 0.1) is 5.92 Å². The molecule has 0 aliphatic rings. The fourth-order valence-electron chi connectivity index (χ4n) is 2.23. The molecule has 0 saturated heterocycles. The van der Waals surface area contributed by atoms with Gasteiger partial charge in [-0.15, -0.1) is 0 Å². The van der Waals surface area contributed by atoms with E-state index in [1.165, 1.54) is 0 Å². The van der Waals surface area contributed by atoms with E-state index < -0.39 is 12.0 Å². The number of hydrogen-bond donors (Lipinski definition) is 2. The van der Waals surface area contributed by atoms with Crippen molar-refractivity contribution in [2.45, 2.75) is 45.6 Å². The second kappa shape index (κ2) is 7.68. The Morgan fingerprint density at radius 3 is 2.20 bits per heavy atom. The van der Waals surface area contributed by atoms with Gasteiger partial charge in [0.05, 0.1) is 5.92 Å². The lowest BCUT2D eigenvalue weighted by Gasteiger charge is -2.24. The van der Waals surface area contributed by atoms with Crippen LogP contribution in [0.1, 0.15) is 45.1 Å². The van der Waals surface area contributed by atoms with Crippen molar-refractivity contribution in [2.24, 2.45) is 5.92 Å². The summed E-state index contributed by atoms with van der Waals surface area (Å²) < 4.78 is 0. The molecule has 4 heteroatoms. The van der Waals surface area contributed by atoms with Gasteiger partial charge in [-0.25, -0.2) is 4.79 Å². The van der Waals surface area contributed by atoms with E-state index in [1.807, 2.05) is 44.2 Å². The molecule has 0 radical (unpaired) electrons. The van der Waals surface area contributed by atoms with Gasteiger partial charge in [0.25, 0.3) is 0 Å². The minimum atomic E-state index is -0.989. The van der Waals surface area contributed by atoms with Crippen LogP contribution >= 0.6 is 0 Å². The highest BCUT2D eigenvalue weighted by Crippen LogP contribution is 2.27.